The largest absolute Gasteiger partial charge is 0.386 e. The highest BCUT2D eigenvalue weighted by molar-refractivity contribution is 6.36. The molecule has 6 nitrogen and oxygen atoms in total. The standard InChI is InChI=1S/C14H13Cl2N3O3/c1-19-12(21)6-5-10(18-19)14(22)17-7-11(20)13-8(15)3-2-4-9(13)16/h2-6,11,20H,7H2,1H3,(H,17,22). The molecule has 0 saturated carbocycles. The SMILES string of the molecule is Cn1nc(C(=O)NCC(O)c2c(Cl)cccc2Cl)ccc1=O. The third-order valence-corrected chi connectivity index (χ3v) is 3.64. The molecule has 1 atom stereocenters. The number of benzene rings is 1. The van der Waals surface area contributed by atoms with Gasteiger partial charge in [-0.15, -0.1) is 0 Å². The second-order valence-corrected chi connectivity index (χ2v) is 5.36. The number of hydrogen-bond donors (Lipinski definition) is 2. The van der Waals surface area contributed by atoms with Crippen LogP contribution in [0.1, 0.15) is 22.2 Å². The average molecular weight is 342 g/mol. The molecule has 1 unspecified atom stereocenters. The molecule has 0 saturated heterocycles. The summed E-state index contributed by atoms with van der Waals surface area (Å²) >= 11 is 12.0. The minimum absolute atomic E-state index is 0.0690. The van der Waals surface area contributed by atoms with Gasteiger partial charge in [-0.2, -0.15) is 5.10 Å². The summed E-state index contributed by atoms with van der Waals surface area (Å²) in [6, 6.07) is 7.41. The summed E-state index contributed by atoms with van der Waals surface area (Å²) < 4.78 is 1.05. The van der Waals surface area contributed by atoms with Crippen LogP contribution in [-0.2, 0) is 7.05 Å². The Balaban J connectivity index is 2.07. The minimum Gasteiger partial charge on any atom is -0.386 e. The molecule has 116 valence electrons. The number of nitrogens with one attached hydrogen (secondary N) is 1. The van der Waals surface area contributed by atoms with E-state index >= 15 is 0 Å². The number of hydrogen-bond acceptors (Lipinski definition) is 4. The maximum Gasteiger partial charge on any atom is 0.271 e. The Hall–Kier alpha value is -1.89. The van der Waals surface area contributed by atoms with E-state index in [0.29, 0.717) is 15.6 Å². The van der Waals surface area contributed by atoms with E-state index in [-0.39, 0.29) is 17.8 Å². The fraction of sp³-hybridized carbons (Fsp3) is 0.214. The highest BCUT2D eigenvalue weighted by atomic mass is 35.5. The van der Waals surface area contributed by atoms with E-state index in [4.69, 9.17) is 23.2 Å². The molecule has 2 rings (SSSR count). The summed E-state index contributed by atoms with van der Waals surface area (Å²) in [6.07, 6.45) is -1.06. The number of aromatic nitrogens is 2. The number of carbonyl (C=O) groups is 1. The zero-order chi connectivity index (χ0) is 16.3. The van der Waals surface area contributed by atoms with Gasteiger partial charge in [-0.1, -0.05) is 29.3 Å². The average Bonchev–Trinajstić information content (AvgIpc) is 2.47. The summed E-state index contributed by atoms with van der Waals surface area (Å²) in [5.41, 5.74) is 0.0959. The molecule has 0 spiro atoms. The van der Waals surface area contributed by atoms with Gasteiger partial charge in [-0.25, -0.2) is 4.68 Å². The lowest BCUT2D eigenvalue weighted by molar-refractivity contribution is 0.0909. The lowest BCUT2D eigenvalue weighted by Gasteiger charge is -2.15. The molecule has 1 heterocycles. The number of aliphatic hydroxyl groups is 1. The van der Waals surface area contributed by atoms with E-state index in [9.17, 15) is 14.7 Å². The second-order valence-electron chi connectivity index (χ2n) is 4.54. The van der Waals surface area contributed by atoms with Crippen molar-refractivity contribution in [3.63, 3.8) is 0 Å². The molecule has 0 radical (unpaired) electrons. The van der Waals surface area contributed by atoms with Gasteiger partial charge in [-0.3, -0.25) is 9.59 Å². The van der Waals surface area contributed by atoms with Crippen LogP contribution in [0.4, 0.5) is 0 Å². The number of rotatable bonds is 4. The normalized spacial score (nSPS) is 12.0. The molecule has 8 heteroatoms. The first-order valence-electron chi connectivity index (χ1n) is 6.34. The Morgan fingerprint density at radius 1 is 1.32 bits per heavy atom. The molecule has 2 N–H and O–H groups in total. The van der Waals surface area contributed by atoms with Crippen LogP contribution in [0.3, 0.4) is 0 Å². The zero-order valence-electron chi connectivity index (χ0n) is 11.6. The van der Waals surface area contributed by atoms with Crippen LogP contribution in [0.25, 0.3) is 0 Å². The van der Waals surface area contributed by atoms with Gasteiger partial charge >= 0.3 is 0 Å². The quantitative estimate of drug-likeness (QED) is 0.883. The number of aliphatic hydroxyl groups excluding tert-OH is 1. The smallest absolute Gasteiger partial charge is 0.271 e. The minimum atomic E-state index is -1.06. The van der Waals surface area contributed by atoms with E-state index in [1.165, 1.54) is 19.2 Å². The first-order valence-corrected chi connectivity index (χ1v) is 7.10. The van der Waals surface area contributed by atoms with Crippen molar-refractivity contribution >= 4 is 29.1 Å². The molecule has 22 heavy (non-hydrogen) atoms. The maximum atomic E-state index is 11.9. The molecular formula is C14H13Cl2N3O3. The second kappa shape index (κ2) is 6.91. The molecule has 1 aromatic carbocycles. The predicted octanol–water partition coefficient (Wildman–Crippen LogP) is 1.55. The van der Waals surface area contributed by atoms with Crippen molar-refractivity contribution in [3.05, 3.63) is 62.0 Å². The summed E-state index contributed by atoms with van der Waals surface area (Å²) in [7, 11) is 1.44. The summed E-state index contributed by atoms with van der Waals surface area (Å²) in [5.74, 6) is -0.516. The van der Waals surface area contributed by atoms with Crippen LogP contribution in [0.5, 0.6) is 0 Å². The van der Waals surface area contributed by atoms with Crippen molar-refractivity contribution in [2.24, 2.45) is 7.05 Å². The zero-order valence-corrected chi connectivity index (χ0v) is 13.1. The molecule has 2 aromatic rings. The van der Waals surface area contributed by atoms with E-state index in [1.54, 1.807) is 18.2 Å². The van der Waals surface area contributed by atoms with Crippen molar-refractivity contribution in [1.82, 2.24) is 15.1 Å². The van der Waals surface area contributed by atoms with Gasteiger partial charge in [0.1, 0.15) is 5.69 Å². The van der Waals surface area contributed by atoms with Crippen molar-refractivity contribution in [1.29, 1.82) is 0 Å². The maximum absolute atomic E-state index is 11.9. The number of aryl methyl sites for hydroxylation is 1. The van der Waals surface area contributed by atoms with Crippen LogP contribution in [0.15, 0.2) is 35.1 Å². The molecule has 0 aliphatic heterocycles. The van der Waals surface area contributed by atoms with Crippen LogP contribution >= 0.6 is 23.2 Å². The van der Waals surface area contributed by atoms with Crippen molar-refractivity contribution in [2.45, 2.75) is 6.10 Å². The van der Waals surface area contributed by atoms with E-state index in [1.807, 2.05) is 0 Å². The monoisotopic (exact) mass is 341 g/mol. The highest BCUT2D eigenvalue weighted by Gasteiger charge is 2.17. The Bertz CT molecular complexity index is 741. The van der Waals surface area contributed by atoms with E-state index < -0.39 is 12.0 Å². The van der Waals surface area contributed by atoms with Crippen molar-refractivity contribution < 1.29 is 9.90 Å². The molecule has 0 aliphatic rings. The Labute approximate surface area is 136 Å². The third-order valence-electron chi connectivity index (χ3n) is 2.98. The number of nitrogens with zero attached hydrogens (tertiary/aromatic N) is 2. The van der Waals surface area contributed by atoms with Crippen LogP contribution in [0.2, 0.25) is 10.0 Å². The van der Waals surface area contributed by atoms with Crippen molar-refractivity contribution in [3.8, 4) is 0 Å². The van der Waals surface area contributed by atoms with E-state index in [0.717, 1.165) is 4.68 Å². The molecule has 0 fully saturated rings. The third kappa shape index (κ3) is 3.65. The Morgan fingerprint density at radius 2 is 1.95 bits per heavy atom. The van der Waals surface area contributed by atoms with E-state index in [2.05, 4.69) is 10.4 Å². The summed E-state index contributed by atoms with van der Waals surface area (Å²) in [4.78, 5) is 23.2. The molecule has 1 amide bonds. The van der Waals surface area contributed by atoms with Gasteiger partial charge in [0, 0.05) is 35.3 Å². The Morgan fingerprint density at radius 3 is 2.55 bits per heavy atom. The predicted molar refractivity (Wildman–Crippen MR) is 83.2 cm³/mol. The van der Waals surface area contributed by atoms with Gasteiger partial charge in [0.2, 0.25) is 0 Å². The van der Waals surface area contributed by atoms with Crippen LogP contribution in [-0.4, -0.2) is 27.3 Å². The van der Waals surface area contributed by atoms with Gasteiger partial charge in [-0.05, 0) is 18.2 Å². The van der Waals surface area contributed by atoms with Crippen LogP contribution < -0.4 is 10.9 Å². The lowest BCUT2D eigenvalue weighted by Crippen LogP contribution is -2.31. The fourth-order valence-corrected chi connectivity index (χ4v) is 2.48. The molecule has 0 bridgehead atoms. The molecular weight excluding hydrogens is 329 g/mol. The number of halogens is 2. The van der Waals surface area contributed by atoms with Gasteiger partial charge in [0.25, 0.3) is 11.5 Å². The summed E-state index contributed by atoms with van der Waals surface area (Å²) in [6.45, 7) is -0.0905. The molecule has 0 aliphatic carbocycles. The van der Waals surface area contributed by atoms with Gasteiger partial charge < -0.3 is 10.4 Å². The first kappa shape index (κ1) is 16.5. The number of amides is 1. The number of carbonyl (C=O) groups excluding carboxylic acids is 1. The van der Waals surface area contributed by atoms with Gasteiger partial charge in [0.15, 0.2) is 0 Å². The topological polar surface area (TPSA) is 84.2 Å². The summed E-state index contributed by atoms with van der Waals surface area (Å²) in [5, 5.41) is 17.1. The van der Waals surface area contributed by atoms with Crippen molar-refractivity contribution in [2.75, 3.05) is 6.54 Å². The first-order chi connectivity index (χ1) is 10.4. The lowest BCUT2D eigenvalue weighted by atomic mass is 10.1. The van der Waals surface area contributed by atoms with Gasteiger partial charge in [0.05, 0.1) is 6.10 Å². The highest BCUT2D eigenvalue weighted by Crippen LogP contribution is 2.29. The fourth-order valence-electron chi connectivity index (χ4n) is 1.83. The Kier molecular flexibility index (Phi) is 5.18. The molecule has 1 aromatic heterocycles. The van der Waals surface area contributed by atoms with Crippen LogP contribution in [0, 0.1) is 0 Å².